The molecule has 10 rings (SSSR count). The molecule has 13 heteroatoms. The number of para-hydroxylation sites is 1. The van der Waals surface area contributed by atoms with Crippen LogP contribution >= 0.6 is 11.6 Å². The first-order valence-electron chi connectivity index (χ1n) is 24.9. The Labute approximate surface area is 442 Å². The summed E-state index contributed by atoms with van der Waals surface area (Å²) in [6, 6.07) is 60.5. The Morgan fingerprint density at radius 1 is 0.671 bits per heavy atom. The third-order valence-electron chi connectivity index (χ3n) is 15.2. The van der Waals surface area contributed by atoms with Crippen LogP contribution in [-0.2, 0) is 23.3 Å². The molecular formula is C63H47ClF6N4OSi. The maximum Gasteiger partial charge on any atom is 0.433 e. The van der Waals surface area contributed by atoms with Crippen LogP contribution in [0, 0.1) is 51.7 Å². The summed E-state index contributed by atoms with van der Waals surface area (Å²) in [5, 5.41) is 35.8. The molecule has 4 atom stereocenters. The third-order valence-corrected chi connectivity index (χ3v) is 20.5. The predicted octanol–water partition coefficient (Wildman–Crippen LogP) is 13.3. The van der Waals surface area contributed by atoms with Gasteiger partial charge in [0.2, 0.25) is 5.60 Å². The Hall–Kier alpha value is -8.08. The van der Waals surface area contributed by atoms with E-state index in [-0.39, 0.29) is 16.2 Å². The molecule has 0 amide bonds. The lowest BCUT2D eigenvalue weighted by Crippen LogP contribution is -2.74. The van der Waals surface area contributed by atoms with Crippen molar-refractivity contribution in [2.24, 2.45) is 17.8 Å². The van der Waals surface area contributed by atoms with Crippen molar-refractivity contribution < 1.29 is 31.1 Å². The number of alkyl halides is 6. The van der Waals surface area contributed by atoms with Crippen LogP contribution in [0.5, 0.6) is 0 Å². The topological polar surface area (TPSA) is 85.5 Å². The first-order valence-corrected chi connectivity index (χ1v) is 27.3. The number of nitriles is 3. The van der Waals surface area contributed by atoms with Gasteiger partial charge in [0.05, 0.1) is 17.9 Å². The zero-order valence-corrected chi connectivity index (χ0v) is 42.5. The molecule has 5 nitrogen and oxygen atoms in total. The molecule has 1 saturated heterocycles. The van der Waals surface area contributed by atoms with Gasteiger partial charge in [-0.05, 0) is 81.2 Å². The van der Waals surface area contributed by atoms with Crippen LogP contribution in [0.2, 0.25) is 0 Å². The lowest BCUT2D eigenvalue weighted by Gasteiger charge is -2.35. The highest BCUT2D eigenvalue weighted by molar-refractivity contribution is 7.19. The Balaban J connectivity index is 1.03. The molecule has 1 aliphatic heterocycles. The second-order valence-electron chi connectivity index (χ2n) is 19.3. The van der Waals surface area contributed by atoms with Gasteiger partial charge >= 0.3 is 12.4 Å². The number of rotatable bonds is 10. The van der Waals surface area contributed by atoms with Crippen molar-refractivity contribution in [3.8, 4) is 18.2 Å². The molecule has 4 unspecified atom stereocenters. The molecule has 378 valence electrons. The molecule has 2 heterocycles. The summed E-state index contributed by atoms with van der Waals surface area (Å²) in [6.45, 7) is 0.572. The molecule has 1 fully saturated rings. The Morgan fingerprint density at radius 2 is 1.21 bits per heavy atom. The number of hydrogen-bond donors (Lipinski definition) is 0. The summed E-state index contributed by atoms with van der Waals surface area (Å²) in [4.78, 5) is 0. The lowest BCUT2D eigenvalue weighted by atomic mass is 9.75. The van der Waals surface area contributed by atoms with E-state index in [2.05, 4.69) is 114 Å². The Bertz CT molecular complexity index is 3490. The quantitative estimate of drug-likeness (QED) is 0.0591. The Kier molecular flexibility index (Phi) is 14.1. The minimum atomic E-state index is -5.23. The van der Waals surface area contributed by atoms with Crippen LogP contribution in [0.1, 0.15) is 48.1 Å². The zero-order valence-electron chi connectivity index (χ0n) is 40.8. The minimum Gasteiger partial charge on any atom is -0.473 e. The molecule has 6 aromatic carbocycles. The van der Waals surface area contributed by atoms with E-state index in [4.69, 9.17) is 16.3 Å². The fraction of sp³-hybridized carbons (Fsp3) is 0.190. The first-order chi connectivity index (χ1) is 36.7. The van der Waals surface area contributed by atoms with Gasteiger partial charge in [0.15, 0.2) is 13.6 Å². The first kappa shape index (κ1) is 51.4. The van der Waals surface area contributed by atoms with Crippen LogP contribution in [-0.4, -0.2) is 25.0 Å². The summed E-state index contributed by atoms with van der Waals surface area (Å²) < 4.78 is 99.2. The summed E-state index contributed by atoms with van der Waals surface area (Å²) >= 11 is 7.02. The van der Waals surface area contributed by atoms with Gasteiger partial charge in [-0.3, -0.25) is 0 Å². The van der Waals surface area contributed by atoms with Crippen LogP contribution in [0.25, 0.3) is 16.5 Å². The summed E-state index contributed by atoms with van der Waals surface area (Å²) in [5.74, 6) is -6.44. The van der Waals surface area contributed by atoms with Crippen molar-refractivity contribution in [2.45, 2.75) is 56.6 Å². The summed E-state index contributed by atoms with van der Waals surface area (Å²) in [5.41, 5.74) is 0.692. The van der Waals surface area contributed by atoms with E-state index in [1.165, 1.54) is 51.1 Å². The molecule has 0 radical (unpaired) electrons. The van der Waals surface area contributed by atoms with Crippen molar-refractivity contribution in [1.29, 1.82) is 15.8 Å². The van der Waals surface area contributed by atoms with Gasteiger partial charge in [0, 0.05) is 39.3 Å². The van der Waals surface area contributed by atoms with Crippen LogP contribution in [0.4, 0.5) is 26.3 Å². The van der Waals surface area contributed by atoms with Gasteiger partial charge < -0.3 is 9.30 Å². The van der Waals surface area contributed by atoms with E-state index in [0.717, 1.165) is 70.4 Å². The highest BCUT2D eigenvalue weighted by Crippen LogP contribution is 2.59. The van der Waals surface area contributed by atoms with Gasteiger partial charge in [0.1, 0.15) is 23.8 Å². The maximum absolute atomic E-state index is 15.6. The standard InChI is InChI=1S/C63H47ClF6N4OSi/c64-59-44(36-48(62(65,66)67)37-45(59)32-35-55-54(40-73)60(46(38-71)39-72)75-61(55,63(68,69)70)47-17-5-1-6-18-47)31-30-43-16-15-27-57-58(43)53-25-13-14-26-56(53)74(57)41-42-28-33-52(34-29-42)76(49-19-7-2-8-20-49,50-21-9-3-10-22-50)51-23-11-4-12-24-51/h1-14,17-26,28-35,48,54-55H,15-16,27,36-37,41H2/b35-32+,43-30-,44-31-. The number of halogens is 7. The van der Waals surface area contributed by atoms with E-state index >= 15 is 13.2 Å². The largest absolute Gasteiger partial charge is 0.473 e. The fourth-order valence-corrected chi connectivity index (χ4v) is 16.7. The van der Waals surface area contributed by atoms with Gasteiger partial charge in [-0.1, -0.05) is 200 Å². The molecule has 2 aliphatic carbocycles. The molecular weight excluding hydrogens is 1010 g/mol. The van der Waals surface area contributed by atoms with Crippen molar-refractivity contribution in [3.05, 3.63) is 244 Å². The SMILES string of the molecule is N#CC(C#N)=C1OC(c2ccccc2)(C(F)(F)F)C(/C=C/C2=C(Cl)C(=C\C=C3\CCCc4c3c3ccccc3n4Cc3ccc([Si](c4ccccc4)(c4ccccc4)c4ccccc4)cc3)/CC(C(F)(F)F)C2)C1C#N. The molecule has 3 aliphatic rings. The monoisotopic (exact) mass is 1050 g/mol. The second-order valence-corrected chi connectivity index (χ2v) is 23.5. The zero-order chi connectivity index (χ0) is 53.2. The highest BCUT2D eigenvalue weighted by Gasteiger charge is 2.69. The maximum atomic E-state index is 15.6. The van der Waals surface area contributed by atoms with Crippen LogP contribution in [0.3, 0.4) is 0 Å². The van der Waals surface area contributed by atoms with Crippen molar-refractivity contribution >= 4 is 56.9 Å². The van der Waals surface area contributed by atoms with Crippen molar-refractivity contribution in [1.82, 2.24) is 4.57 Å². The molecule has 0 spiro atoms. The average molecular weight is 1050 g/mol. The average Bonchev–Trinajstić information content (AvgIpc) is 3.99. The molecule has 0 saturated carbocycles. The number of aromatic nitrogens is 1. The summed E-state index contributed by atoms with van der Waals surface area (Å²) in [6.07, 6.45) is -3.34. The fourth-order valence-electron chi connectivity index (χ4n) is 11.7. The highest BCUT2D eigenvalue weighted by atomic mass is 35.5. The number of fused-ring (bicyclic) bond motifs is 3. The summed E-state index contributed by atoms with van der Waals surface area (Å²) in [7, 11) is -2.75. The van der Waals surface area contributed by atoms with Crippen LogP contribution in [0.15, 0.2) is 222 Å². The van der Waals surface area contributed by atoms with Gasteiger partial charge in [-0.15, -0.1) is 0 Å². The lowest BCUT2D eigenvalue weighted by molar-refractivity contribution is -0.271. The van der Waals surface area contributed by atoms with Crippen molar-refractivity contribution in [3.63, 3.8) is 0 Å². The van der Waals surface area contributed by atoms with E-state index in [1.807, 2.05) is 36.4 Å². The van der Waals surface area contributed by atoms with E-state index < -0.39 is 73.5 Å². The molecule has 1 aromatic heterocycles. The Morgan fingerprint density at radius 3 is 1.76 bits per heavy atom. The predicted molar refractivity (Wildman–Crippen MR) is 287 cm³/mol. The molecule has 0 bridgehead atoms. The number of nitrogens with zero attached hydrogens (tertiary/aromatic N) is 4. The van der Waals surface area contributed by atoms with E-state index in [1.54, 1.807) is 12.1 Å². The second kappa shape index (κ2) is 20.9. The number of benzene rings is 6. The number of allylic oxidation sites excluding steroid dienone is 9. The molecule has 76 heavy (non-hydrogen) atoms. The third kappa shape index (κ3) is 9.08. The van der Waals surface area contributed by atoms with E-state index in [0.29, 0.717) is 13.0 Å². The van der Waals surface area contributed by atoms with Crippen molar-refractivity contribution in [2.75, 3.05) is 0 Å². The minimum absolute atomic E-state index is 0.0513. The van der Waals surface area contributed by atoms with Gasteiger partial charge in [-0.2, -0.15) is 42.1 Å². The number of hydrogen-bond acceptors (Lipinski definition) is 4. The van der Waals surface area contributed by atoms with E-state index in [9.17, 15) is 29.0 Å². The number of ether oxygens (including phenoxy) is 1. The van der Waals surface area contributed by atoms with Gasteiger partial charge in [0.25, 0.3) is 0 Å². The van der Waals surface area contributed by atoms with Gasteiger partial charge in [-0.25, -0.2) is 0 Å². The van der Waals surface area contributed by atoms with Crippen LogP contribution < -0.4 is 20.7 Å². The smallest absolute Gasteiger partial charge is 0.433 e. The molecule has 7 aromatic rings. The normalized spacial score (nSPS) is 21.1. The molecule has 0 N–H and O–H groups in total.